The number of fused-ring (bicyclic) bond motifs is 3. The molecule has 0 radical (unpaired) electrons. The second-order valence-electron chi connectivity index (χ2n) is 9.35. The number of allylic oxidation sites excluding steroid dienone is 1. The fourth-order valence-electron chi connectivity index (χ4n) is 5.22. The summed E-state index contributed by atoms with van der Waals surface area (Å²) in [5.74, 6) is 1.06. The van der Waals surface area contributed by atoms with Crippen LogP contribution in [0.1, 0.15) is 30.8 Å². The highest BCUT2D eigenvalue weighted by Gasteiger charge is 2.44. The molecule has 3 atom stereocenters. The Morgan fingerprint density at radius 3 is 2.85 bits per heavy atom. The van der Waals surface area contributed by atoms with Crippen molar-refractivity contribution in [3.05, 3.63) is 54.4 Å². The zero-order valence-electron chi connectivity index (χ0n) is 19.1. The van der Waals surface area contributed by atoms with E-state index in [1.165, 1.54) is 6.42 Å². The maximum atomic E-state index is 11.4. The molecular weight excluding hydrogens is 434 g/mol. The zero-order chi connectivity index (χ0) is 23.4. The number of likely N-dealkylation sites (tertiary alicyclic amines) is 1. The molecule has 2 fully saturated rings. The highest BCUT2D eigenvalue weighted by atomic mass is 16.1. The molecule has 2 saturated heterocycles. The Morgan fingerprint density at radius 2 is 2.18 bits per heavy atom. The summed E-state index contributed by atoms with van der Waals surface area (Å²) < 4.78 is 0.103. The number of rotatable bonds is 6. The molecule has 6 heterocycles. The number of anilines is 3. The molecule has 5 N–H and O–H groups in total. The van der Waals surface area contributed by atoms with Crippen LogP contribution in [0.2, 0.25) is 0 Å². The number of carbonyl (C=O) groups is 1. The molecule has 1 unspecified atom stereocenters. The van der Waals surface area contributed by atoms with Gasteiger partial charge in [-0.2, -0.15) is 10.5 Å². The van der Waals surface area contributed by atoms with Crippen LogP contribution in [-0.4, -0.2) is 68.1 Å². The van der Waals surface area contributed by atoms with Crippen molar-refractivity contribution >= 4 is 29.4 Å². The van der Waals surface area contributed by atoms with E-state index in [-0.39, 0.29) is 10.4 Å². The van der Waals surface area contributed by atoms with E-state index >= 15 is 0 Å². The van der Waals surface area contributed by atoms with Crippen molar-refractivity contribution in [2.24, 2.45) is 10.8 Å². The van der Waals surface area contributed by atoms with E-state index in [4.69, 9.17) is 10.7 Å². The van der Waals surface area contributed by atoms with Gasteiger partial charge in [-0.1, -0.05) is 0 Å². The third-order valence-electron chi connectivity index (χ3n) is 6.93. The average molecular weight is 463 g/mol. The smallest absolute Gasteiger partial charge is 0.269 e. The van der Waals surface area contributed by atoms with Crippen LogP contribution in [0.15, 0.2) is 53.8 Å². The SMILES string of the molecule is CC(C)N1C[C@@H]2C[C@H]1CN2c1ccc(N[N+]23C=CN(c4cc(C(N)=O)n[nH]4)C=C2C=NN3)cn1. The number of H-pyrrole nitrogens is 1. The van der Waals surface area contributed by atoms with Crippen LogP contribution in [0, 0.1) is 0 Å². The topological polar surface area (TPSA) is 131 Å². The first-order valence-electron chi connectivity index (χ1n) is 11.4. The average Bonchev–Trinajstić information content (AvgIpc) is 3.61. The van der Waals surface area contributed by atoms with Crippen molar-refractivity contribution in [2.75, 3.05) is 28.3 Å². The molecule has 176 valence electrons. The summed E-state index contributed by atoms with van der Waals surface area (Å²) >= 11 is 0. The summed E-state index contributed by atoms with van der Waals surface area (Å²) in [4.78, 5) is 23.0. The van der Waals surface area contributed by atoms with Crippen molar-refractivity contribution < 1.29 is 9.50 Å². The quantitative estimate of drug-likeness (QED) is 0.469. The maximum Gasteiger partial charge on any atom is 0.269 e. The van der Waals surface area contributed by atoms with Crippen LogP contribution in [0.25, 0.3) is 0 Å². The molecule has 34 heavy (non-hydrogen) atoms. The number of quaternary nitrogens is 1. The molecule has 1 amide bonds. The predicted molar refractivity (Wildman–Crippen MR) is 128 cm³/mol. The third-order valence-corrected chi connectivity index (χ3v) is 6.93. The Bertz CT molecular complexity index is 1200. The van der Waals surface area contributed by atoms with E-state index in [1.807, 2.05) is 35.8 Å². The van der Waals surface area contributed by atoms with Gasteiger partial charge in [0.2, 0.25) is 5.70 Å². The molecule has 2 aromatic rings. The molecular formula is C22H28N11O+. The number of nitrogens with two attached hydrogens (primary N) is 1. The van der Waals surface area contributed by atoms with Gasteiger partial charge in [-0.3, -0.25) is 19.7 Å². The number of amides is 1. The minimum Gasteiger partial charge on any atom is -0.364 e. The predicted octanol–water partition coefficient (Wildman–Crippen LogP) is 1.06. The summed E-state index contributed by atoms with van der Waals surface area (Å²) in [5, 5.41) is 11.0. The van der Waals surface area contributed by atoms with Crippen molar-refractivity contribution in [1.82, 2.24) is 25.6 Å². The van der Waals surface area contributed by atoms with Gasteiger partial charge in [0, 0.05) is 37.3 Å². The van der Waals surface area contributed by atoms with Crippen LogP contribution >= 0.6 is 0 Å². The highest BCUT2D eigenvalue weighted by molar-refractivity contribution is 5.91. The lowest BCUT2D eigenvalue weighted by atomic mass is 10.2. The standard InChI is InChI=1S/C22H27N11O/c1-14(2)31-11-17-7-16(31)12-32(17)20-4-3-15(9-24-20)28-33-6-5-30(13-18(33)10-25-29-33)21-8-19(22(23)34)26-27-21/h3-6,8-10,13-14,16-17,28-29H,7,11-12H2,1-2H3,(H2-,23,26,27,34)/p+1/t16-,17-,33?/m0/s1. The first-order valence-corrected chi connectivity index (χ1v) is 11.4. The van der Waals surface area contributed by atoms with Gasteiger partial charge in [-0.05, 0) is 37.1 Å². The molecule has 0 saturated carbocycles. The lowest BCUT2D eigenvalue weighted by Crippen LogP contribution is -2.53. The Morgan fingerprint density at radius 1 is 1.29 bits per heavy atom. The highest BCUT2D eigenvalue weighted by Crippen LogP contribution is 2.35. The zero-order valence-corrected chi connectivity index (χ0v) is 19.1. The van der Waals surface area contributed by atoms with Gasteiger partial charge in [0.15, 0.2) is 11.9 Å². The number of hydrogen-bond donors (Lipinski definition) is 4. The van der Waals surface area contributed by atoms with Crippen LogP contribution in [0.5, 0.6) is 0 Å². The molecule has 12 nitrogen and oxygen atoms in total. The van der Waals surface area contributed by atoms with Gasteiger partial charge in [0.05, 0.1) is 18.6 Å². The van der Waals surface area contributed by atoms with Crippen LogP contribution in [0.3, 0.4) is 0 Å². The van der Waals surface area contributed by atoms with Gasteiger partial charge >= 0.3 is 0 Å². The molecule has 12 heteroatoms. The second kappa shape index (κ2) is 7.57. The number of hydrogen-bond acceptors (Lipinski definition) is 9. The monoisotopic (exact) mass is 462 g/mol. The number of pyridine rings is 1. The summed E-state index contributed by atoms with van der Waals surface area (Å²) in [5.41, 5.74) is 13.7. The molecule has 0 aromatic carbocycles. The fraction of sp³-hybridized carbons (Fsp3) is 0.364. The lowest BCUT2D eigenvalue weighted by Gasteiger charge is -2.37. The van der Waals surface area contributed by atoms with E-state index in [2.05, 4.69) is 56.0 Å². The number of piperazine rings is 1. The van der Waals surface area contributed by atoms with Crippen LogP contribution in [-0.2, 0) is 0 Å². The molecule has 0 aliphatic carbocycles. The van der Waals surface area contributed by atoms with Gasteiger partial charge in [0.1, 0.15) is 23.5 Å². The second-order valence-corrected chi connectivity index (χ2v) is 9.35. The first-order chi connectivity index (χ1) is 16.4. The minimum absolute atomic E-state index is 0.103. The molecule has 0 spiro atoms. The van der Waals surface area contributed by atoms with E-state index in [0.717, 1.165) is 30.3 Å². The molecule has 6 rings (SSSR count). The number of primary amides is 1. The lowest BCUT2D eigenvalue weighted by molar-refractivity contribution is -0.857. The summed E-state index contributed by atoms with van der Waals surface area (Å²) in [6.07, 6.45) is 10.4. The normalized spacial score (nSPS) is 27.3. The van der Waals surface area contributed by atoms with E-state index in [1.54, 1.807) is 12.3 Å². The van der Waals surface area contributed by atoms with Gasteiger partial charge in [-0.25, -0.2) is 4.98 Å². The minimum atomic E-state index is -0.581. The fourth-order valence-corrected chi connectivity index (χ4v) is 5.22. The van der Waals surface area contributed by atoms with Gasteiger partial charge in [0.25, 0.3) is 5.91 Å². The van der Waals surface area contributed by atoms with E-state index < -0.39 is 5.91 Å². The number of carbonyl (C=O) groups excluding carboxylic acids is 1. The Balaban J connectivity index is 1.16. The number of nitrogens with one attached hydrogen (secondary N) is 3. The van der Waals surface area contributed by atoms with Crippen molar-refractivity contribution in [2.45, 2.75) is 38.4 Å². The summed E-state index contributed by atoms with van der Waals surface area (Å²) in [6.45, 7) is 6.70. The van der Waals surface area contributed by atoms with Crippen molar-refractivity contribution in [1.29, 1.82) is 0 Å². The van der Waals surface area contributed by atoms with E-state index in [0.29, 0.717) is 23.9 Å². The Kier molecular flexibility index (Phi) is 4.61. The summed E-state index contributed by atoms with van der Waals surface area (Å²) in [6, 6.07) is 7.49. The molecule has 4 aliphatic rings. The van der Waals surface area contributed by atoms with E-state index in [9.17, 15) is 4.79 Å². The third kappa shape index (κ3) is 3.30. The van der Waals surface area contributed by atoms with Crippen LogP contribution in [0.4, 0.5) is 17.3 Å². The molecule has 4 aliphatic heterocycles. The number of aromatic amines is 1. The Hall–Kier alpha value is -3.90. The number of aromatic nitrogens is 3. The maximum absolute atomic E-state index is 11.4. The van der Waals surface area contributed by atoms with Crippen molar-refractivity contribution in [3.8, 4) is 0 Å². The Labute approximate surface area is 196 Å². The number of hydrazone groups is 1. The molecule has 2 bridgehead atoms. The van der Waals surface area contributed by atoms with Crippen LogP contribution < -0.4 is 26.5 Å². The largest absolute Gasteiger partial charge is 0.364 e. The summed E-state index contributed by atoms with van der Waals surface area (Å²) in [7, 11) is 0. The molecule has 2 aromatic heterocycles. The van der Waals surface area contributed by atoms with Crippen molar-refractivity contribution in [3.63, 3.8) is 0 Å². The van der Waals surface area contributed by atoms with Gasteiger partial charge < -0.3 is 10.6 Å². The first kappa shape index (κ1) is 20.7. The van der Waals surface area contributed by atoms with Gasteiger partial charge in [-0.15, -0.1) is 10.6 Å². The number of nitrogens with zero attached hydrogens (tertiary/aromatic N) is 7.